The van der Waals surface area contributed by atoms with Gasteiger partial charge in [0.05, 0.1) is 37.7 Å². The largest absolute Gasteiger partial charge is 0.368 e. The first kappa shape index (κ1) is 14.3. The molecule has 0 aromatic rings. The molecule has 0 saturated carbocycles. The highest BCUT2D eigenvalue weighted by Gasteiger charge is 2.57. The number of terminal acetylenes is 1. The highest BCUT2D eigenvalue weighted by Crippen LogP contribution is 2.46. The minimum absolute atomic E-state index is 0.248. The molecule has 3 saturated heterocycles. The second-order valence-corrected chi connectivity index (χ2v) is 5.01. The van der Waals surface area contributed by atoms with Crippen LogP contribution < -0.4 is 0 Å². The van der Waals surface area contributed by atoms with Crippen molar-refractivity contribution in [3.05, 3.63) is 0 Å². The molecule has 3 rings (SSSR count). The quantitative estimate of drug-likeness (QED) is 0.537. The fraction of sp³-hybridized carbons (Fsp3) is 0.786. The summed E-state index contributed by atoms with van der Waals surface area (Å²) in [5.74, 6) is 1.26. The monoisotopic (exact) mass is 265 g/mol. The van der Waals surface area contributed by atoms with Crippen molar-refractivity contribution in [2.24, 2.45) is 5.41 Å². The molecule has 0 aromatic heterocycles. The molecule has 104 valence electrons. The summed E-state index contributed by atoms with van der Waals surface area (Å²) in [4.78, 5) is 0. The Bertz CT molecular complexity index is 387. The Morgan fingerprint density at radius 1 is 1.37 bits per heavy atom. The summed E-state index contributed by atoms with van der Waals surface area (Å²) in [5, 5.41) is 9.29. The molecular formula is C14H19NO4. The fourth-order valence-electron chi connectivity index (χ4n) is 2.58. The first-order valence-electron chi connectivity index (χ1n) is 6.57. The summed E-state index contributed by atoms with van der Waals surface area (Å²) in [5.41, 5.74) is -0.328. The molecule has 0 radical (unpaired) electrons. The van der Waals surface area contributed by atoms with Crippen LogP contribution in [-0.2, 0) is 18.9 Å². The van der Waals surface area contributed by atoms with Gasteiger partial charge in [-0.25, -0.2) is 0 Å². The molecule has 0 aromatic carbocycles. The molecule has 0 aliphatic carbocycles. The average Bonchev–Trinajstić information content (AvgIpc) is 2.45. The predicted octanol–water partition coefficient (Wildman–Crippen LogP) is 1.44. The molecule has 5 heteroatoms. The molecule has 3 fully saturated rings. The van der Waals surface area contributed by atoms with Gasteiger partial charge in [0.25, 0.3) is 5.97 Å². The van der Waals surface area contributed by atoms with Crippen molar-refractivity contribution in [2.45, 2.75) is 38.3 Å². The normalized spacial score (nSPS) is 36.7. The van der Waals surface area contributed by atoms with Crippen LogP contribution in [0.1, 0.15) is 26.2 Å². The Kier molecular flexibility index (Phi) is 4.44. The van der Waals surface area contributed by atoms with E-state index in [0.29, 0.717) is 26.2 Å². The van der Waals surface area contributed by atoms with E-state index in [1.807, 2.05) is 0 Å². The van der Waals surface area contributed by atoms with E-state index in [1.165, 1.54) is 0 Å². The lowest BCUT2D eigenvalue weighted by Crippen LogP contribution is -2.64. The van der Waals surface area contributed by atoms with Gasteiger partial charge in [0.15, 0.2) is 6.10 Å². The van der Waals surface area contributed by atoms with Crippen LogP contribution in [0.2, 0.25) is 0 Å². The second kappa shape index (κ2) is 5.90. The van der Waals surface area contributed by atoms with E-state index in [1.54, 1.807) is 0 Å². The SMILES string of the molecule is C#CCOCCC12OCC(CCC)(CO1)C(C#N)O2. The summed E-state index contributed by atoms with van der Waals surface area (Å²) in [6, 6.07) is 2.23. The van der Waals surface area contributed by atoms with Gasteiger partial charge in [-0.2, -0.15) is 5.26 Å². The number of ether oxygens (including phenoxy) is 4. The molecule has 0 N–H and O–H groups in total. The van der Waals surface area contributed by atoms with Crippen molar-refractivity contribution >= 4 is 0 Å². The highest BCUT2D eigenvalue weighted by molar-refractivity contribution is 5.05. The number of hydrogen-bond acceptors (Lipinski definition) is 5. The molecular weight excluding hydrogens is 246 g/mol. The molecule has 19 heavy (non-hydrogen) atoms. The molecule has 2 bridgehead atoms. The van der Waals surface area contributed by atoms with Gasteiger partial charge in [-0.1, -0.05) is 19.3 Å². The summed E-state index contributed by atoms with van der Waals surface area (Å²) in [7, 11) is 0. The summed E-state index contributed by atoms with van der Waals surface area (Å²) in [6.45, 7) is 3.69. The Balaban J connectivity index is 1.97. The molecule has 3 heterocycles. The van der Waals surface area contributed by atoms with Crippen LogP contribution >= 0.6 is 0 Å². The van der Waals surface area contributed by atoms with Gasteiger partial charge in [0, 0.05) is 0 Å². The predicted molar refractivity (Wildman–Crippen MR) is 66.7 cm³/mol. The van der Waals surface area contributed by atoms with Gasteiger partial charge in [-0.05, 0) is 6.42 Å². The van der Waals surface area contributed by atoms with Gasteiger partial charge in [-0.3, -0.25) is 0 Å². The summed E-state index contributed by atoms with van der Waals surface area (Å²) < 4.78 is 22.3. The van der Waals surface area contributed by atoms with Gasteiger partial charge in [-0.15, -0.1) is 6.42 Å². The molecule has 3 aliphatic rings. The Morgan fingerprint density at radius 2 is 2.11 bits per heavy atom. The maximum absolute atomic E-state index is 9.29. The van der Waals surface area contributed by atoms with Crippen LogP contribution in [0.4, 0.5) is 0 Å². The van der Waals surface area contributed by atoms with Crippen LogP contribution in [0.15, 0.2) is 0 Å². The molecule has 3 aliphatic heterocycles. The standard InChI is InChI=1S/C14H19NO4/c1-3-5-13-10-17-14(18-11-13,19-12(13)9-15)6-8-16-7-4-2/h2,12H,3,5-8,10-11H2,1H3. The van der Waals surface area contributed by atoms with E-state index in [2.05, 4.69) is 18.9 Å². The third kappa shape index (κ3) is 2.75. The molecule has 0 amide bonds. The van der Waals surface area contributed by atoms with Gasteiger partial charge < -0.3 is 18.9 Å². The summed E-state index contributed by atoms with van der Waals surface area (Å²) in [6.07, 6.45) is 6.85. The van der Waals surface area contributed by atoms with Crippen LogP contribution in [-0.4, -0.2) is 38.5 Å². The van der Waals surface area contributed by atoms with Crippen molar-refractivity contribution in [1.29, 1.82) is 5.26 Å². The lowest BCUT2D eigenvalue weighted by atomic mass is 9.78. The van der Waals surface area contributed by atoms with E-state index < -0.39 is 12.1 Å². The maximum Gasteiger partial charge on any atom is 0.286 e. The molecule has 0 spiro atoms. The zero-order valence-corrected chi connectivity index (χ0v) is 11.2. The number of nitriles is 1. The number of hydrogen-bond donors (Lipinski definition) is 0. The van der Waals surface area contributed by atoms with Gasteiger partial charge in [0.2, 0.25) is 0 Å². The van der Waals surface area contributed by atoms with E-state index in [0.717, 1.165) is 12.8 Å². The lowest BCUT2D eigenvalue weighted by molar-refractivity contribution is -0.484. The topological polar surface area (TPSA) is 60.7 Å². The third-order valence-corrected chi connectivity index (χ3v) is 3.62. The van der Waals surface area contributed by atoms with Crippen molar-refractivity contribution < 1.29 is 18.9 Å². The zero-order valence-electron chi connectivity index (χ0n) is 11.2. The van der Waals surface area contributed by atoms with Gasteiger partial charge in [0.1, 0.15) is 6.61 Å². The van der Waals surface area contributed by atoms with Crippen molar-refractivity contribution in [3.63, 3.8) is 0 Å². The van der Waals surface area contributed by atoms with E-state index in [9.17, 15) is 5.26 Å². The van der Waals surface area contributed by atoms with E-state index >= 15 is 0 Å². The van der Waals surface area contributed by atoms with Crippen molar-refractivity contribution in [2.75, 3.05) is 26.4 Å². The first-order chi connectivity index (χ1) is 9.20. The summed E-state index contributed by atoms with van der Waals surface area (Å²) >= 11 is 0. The molecule has 1 atom stereocenters. The first-order valence-corrected chi connectivity index (χ1v) is 6.57. The molecule has 1 unspecified atom stereocenters. The van der Waals surface area contributed by atoms with Crippen LogP contribution in [0, 0.1) is 29.1 Å². The molecule has 5 nitrogen and oxygen atoms in total. The number of rotatable bonds is 6. The maximum atomic E-state index is 9.29. The van der Waals surface area contributed by atoms with Gasteiger partial charge >= 0.3 is 0 Å². The highest BCUT2D eigenvalue weighted by atomic mass is 16.9. The Hall–Kier alpha value is -1.11. The Morgan fingerprint density at radius 3 is 2.68 bits per heavy atom. The number of fused-ring (bicyclic) bond motifs is 3. The minimum Gasteiger partial charge on any atom is -0.368 e. The van der Waals surface area contributed by atoms with Crippen molar-refractivity contribution in [1.82, 2.24) is 0 Å². The van der Waals surface area contributed by atoms with Crippen LogP contribution in [0.3, 0.4) is 0 Å². The number of nitrogens with zero attached hydrogens (tertiary/aromatic N) is 1. The minimum atomic E-state index is -1.13. The van der Waals surface area contributed by atoms with E-state index in [-0.39, 0.29) is 12.0 Å². The van der Waals surface area contributed by atoms with Crippen LogP contribution in [0.25, 0.3) is 0 Å². The lowest BCUT2D eigenvalue weighted by Gasteiger charge is -2.54. The smallest absolute Gasteiger partial charge is 0.286 e. The third-order valence-electron chi connectivity index (χ3n) is 3.62. The Labute approximate surface area is 113 Å². The second-order valence-electron chi connectivity index (χ2n) is 5.01. The van der Waals surface area contributed by atoms with Crippen molar-refractivity contribution in [3.8, 4) is 18.4 Å². The average molecular weight is 265 g/mol. The van der Waals surface area contributed by atoms with E-state index in [4.69, 9.17) is 25.4 Å². The van der Waals surface area contributed by atoms with Crippen LogP contribution in [0.5, 0.6) is 0 Å². The zero-order chi connectivity index (χ0) is 13.8. The fourth-order valence-corrected chi connectivity index (χ4v) is 2.58.